The quantitative estimate of drug-likeness (QED) is 0.224. The lowest BCUT2D eigenvalue weighted by molar-refractivity contribution is -0.151. The molecule has 8 heteroatoms. The van der Waals surface area contributed by atoms with Crippen LogP contribution in [0.25, 0.3) is 0 Å². The Balaban J connectivity index is 1.94. The van der Waals surface area contributed by atoms with E-state index < -0.39 is 24.6 Å². The van der Waals surface area contributed by atoms with Gasteiger partial charge in [0.05, 0.1) is 18.7 Å². The molecule has 0 radical (unpaired) electrons. The first-order chi connectivity index (χ1) is 12.2. The highest BCUT2D eigenvalue weighted by Crippen LogP contribution is 2.59. The number of terminal acetylenes is 1. The lowest BCUT2D eigenvalue weighted by Crippen LogP contribution is -2.36. The summed E-state index contributed by atoms with van der Waals surface area (Å²) in [5, 5.41) is 3.69. The molecule has 0 bridgehead atoms. The smallest absolute Gasteiger partial charge is 0.330 e. The number of hydrogen-bond acceptors (Lipinski definition) is 6. The number of nitrogens with zero attached hydrogens (tertiary/aromatic N) is 3. The van der Waals surface area contributed by atoms with E-state index in [4.69, 9.17) is 11.2 Å². The Hall–Kier alpha value is -2.82. The van der Waals surface area contributed by atoms with Crippen LogP contribution in [-0.2, 0) is 19.2 Å². The van der Waals surface area contributed by atoms with Crippen molar-refractivity contribution in [2.24, 2.45) is 22.4 Å². The largest absolute Gasteiger partial charge is 0.443 e. The number of rotatable bonds is 7. The normalized spacial score (nSPS) is 24.8. The summed E-state index contributed by atoms with van der Waals surface area (Å²) in [4.78, 5) is 43.1. The molecule has 2 fully saturated rings. The Bertz CT molecular complexity index is 704. The lowest BCUT2D eigenvalue weighted by Gasteiger charge is -2.15. The van der Waals surface area contributed by atoms with Crippen LogP contribution in [0.3, 0.4) is 0 Å². The minimum Gasteiger partial charge on any atom is -0.443 e. The molecular weight excluding hydrogens is 338 g/mol. The maximum atomic E-state index is 12.4. The van der Waals surface area contributed by atoms with E-state index in [-0.39, 0.29) is 30.3 Å². The summed E-state index contributed by atoms with van der Waals surface area (Å²) < 4.78 is 5.23. The number of esters is 1. The van der Waals surface area contributed by atoms with Crippen molar-refractivity contribution in [1.29, 1.82) is 0 Å². The summed E-state index contributed by atoms with van der Waals surface area (Å²) in [6.45, 7) is 5.33. The number of allylic oxidation sites excluding steroid dienone is 2. The van der Waals surface area contributed by atoms with Crippen LogP contribution < -0.4 is 0 Å². The Morgan fingerprint density at radius 2 is 2.15 bits per heavy atom. The van der Waals surface area contributed by atoms with Gasteiger partial charge in [0.15, 0.2) is 6.73 Å². The van der Waals surface area contributed by atoms with Crippen molar-refractivity contribution in [3.8, 4) is 12.3 Å². The minimum absolute atomic E-state index is 0.0128. The number of hydrogen-bond donors (Lipinski definition) is 0. The molecule has 0 aromatic heterocycles. The third-order valence-electron chi connectivity index (χ3n) is 4.72. The first-order valence-electron chi connectivity index (χ1n) is 8.18. The van der Waals surface area contributed by atoms with Gasteiger partial charge in [0.2, 0.25) is 0 Å². The average molecular weight is 361 g/mol. The van der Waals surface area contributed by atoms with Gasteiger partial charge in [-0.1, -0.05) is 31.0 Å². The van der Waals surface area contributed by atoms with Crippen molar-refractivity contribution in [3.63, 3.8) is 0 Å². The Morgan fingerprint density at radius 3 is 2.77 bits per heavy atom. The van der Waals surface area contributed by atoms with Crippen molar-refractivity contribution in [2.75, 3.05) is 26.9 Å². The van der Waals surface area contributed by atoms with E-state index in [1.807, 2.05) is 26.8 Å². The van der Waals surface area contributed by atoms with Crippen LogP contribution in [0.5, 0.6) is 0 Å². The van der Waals surface area contributed by atoms with Crippen molar-refractivity contribution in [2.45, 2.75) is 20.8 Å². The van der Waals surface area contributed by atoms with Crippen molar-refractivity contribution < 1.29 is 24.0 Å². The summed E-state index contributed by atoms with van der Waals surface area (Å²) in [5.41, 5.74) is 0.600. The zero-order chi connectivity index (χ0) is 19.5. The molecule has 0 aromatic rings. The molecule has 0 spiro atoms. The standard InChI is InChI=1S/C18H23N3O5/c1-6-7-20-10-14(22)21(17(20)24)11-26-16(23)15-13(18(15,3)4)8-12(2)9-19-25-5/h1,8-9,13,15H,7,10-11H2,2-5H3/b12-8+,19-9+. The van der Waals surface area contributed by atoms with Gasteiger partial charge in [0.25, 0.3) is 5.91 Å². The van der Waals surface area contributed by atoms with Crippen molar-refractivity contribution in [1.82, 2.24) is 9.80 Å². The van der Waals surface area contributed by atoms with E-state index in [1.165, 1.54) is 12.0 Å². The van der Waals surface area contributed by atoms with Gasteiger partial charge in [0, 0.05) is 0 Å². The summed E-state index contributed by atoms with van der Waals surface area (Å²) in [7, 11) is 1.46. The van der Waals surface area contributed by atoms with Gasteiger partial charge < -0.3 is 14.5 Å². The predicted octanol–water partition coefficient (Wildman–Crippen LogP) is 1.24. The van der Waals surface area contributed by atoms with E-state index in [1.54, 1.807) is 6.21 Å². The maximum Gasteiger partial charge on any atom is 0.330 e. The molecule has 140 valence electrons. The molecule has 2 atom stereocenters. The molecule has 1 aliphatic carbocycles. The maximum absolute atomic E-state index is 12.4. The van der Waals surface area contributed by atoms with Crippen LogP contribution in [0.2, 0.25) is 0 Å². The molecule has 0 aromatic carbocycles. The van der Waals surface area contributed by atoms with Crippen LogP contribution in [0, 0.1) is 29.6 Å². The molecule has 1 aliphatic heterocycles. The van der Waals surface area contributed by atoms with Crippen LogP contribution in [0.15, 0.2) is 16.8 Å². The first-order valence-corrected chi connectivity index (χ1v) is 8.18. The van der Waals surface area contributed by atoms with Crippen LogP contribution in [0.4, 0.5) is 4.79 Å². The summed E-state index contributed by atoms with van der Waals surface area (Å²) in [6.07, 6.45) is 8.67. The summed E-state index contributed by atoms with van der Waals surface area (Å²) in [5.74, 6) is 1.08. The van der Waals surface area contributed by atoms with Crippen LogP contribution in [0.1, 0.15) is 20.8 Å². The molecule has 2 unspecified atom stereocenters. The van der Waals surface area contributed by atoms with Crippen LogP contribution in [-0.4, -0.2) is 60.9 Å². The predicted molar refractivity (Wildman–Crippen MR) is 93.6 cm³/mol. The van der Waals surface area contributed by atoms with Gasteiger partial charge in [-0.05, 0) is 23.8 Å². The fourth-order valence-corrected chi connectivity index (χ4v) is 3.07. The molecule has 2 rings (SSSR count). The number of ether oxygens (including phenoxy) is 1. The van der Waals surface area contributed by atoms with Crippen molar-refractivity contribution >= 4 is 24.1 Å². The number of imide groups is 1. The number of urea groups is 1. The fourth-order valence-electron chi connectivity index (χ4n) is 3.07. The average Bonchev–Trinajstić information content (AvgIpc) is 3.00. The minimum atomic E-state index is -0.543. The zero-order valence-electron chi connectivity index (χ0n) is 15.4. The number of amides is 3. The second kappa shape index (κ2) is 7.60. The summed E-state index contributed by atoms with van der Waals surface area (Å²) >= 11 is 0. The van der Waals surface area contributed by atoms with Crippen molar-refractivity contribution in [3.05, 3.63) is 11.6 Å². The topological polar surface area (TPSA) is 88.5 Å². The van der Waals surface area contributed by atoms with E-state index in [2.05, 4.69) is 15.9 Å². The zero-order valence-corrected chi connectivity index (χ0v) is 15.4. The van der Waals surface area contributed by atoms with E-state index >= 15 is 0 Å². The van der Waals surface area contributed by atoms with Crippen LogP contribution >= 0.6 is 0 Å². The second-order valence-electron chi connectivity index (χ2n) is 6.91. The van der Waals surface area contributed by atoms with Gasteiger partial charge in [0.1, 0.15) is 13.7 Å². The Kier molecular flexibility index (Phi) is 5.70. The lowest BCUT2D eigenvalue weighted by atomic mass is 10.1. The summed E-state index contributed by atoms with van der Waals surface area (Å²) in [6, 6.07) is -0.543. The number of carbonyl (C=O) groups is 3. The Labute approximate surface area is 152 Å². The van der Waals surface area contributed by atoms with E-state index in [9.17, 15) is 14.4 Å². The SMILES string of the molecule is C#CCN1CC(=O)N(COC(=O)C2C(/C=C(C)/C=N/OC)C2(C)C)C1=O. The molecule has 1 heterocycles. The third kappa shape index (κ3) is 3.87. The molecule has 1 saturated carbocycles. The molecule has 3 amide bonds. The third-order valence-corrected chi connectivity index (χ3v) is 4.72. The van der Waals surface area contributed by atoms with Gasteiger partial charge in [-0.15, -0.1) is 6.42 Å². The molecule has 0 N–H and O–H groups in total. The highest BCUT2D eigenvalue weighted by atomic mass is 16.6. The first kappa shape index (κ1) is 19.5. The molecule has 8 nitrogen and oxygen atoms in total. The molecule has 2 aliphatic rings. The van der Waals surface area contributed by atoms with Gasteiger partial charge in [-0.2, -0.15) is 0 Å². The monoisotopic (exact) mass is 361 g/mol. The number of carbonyl (C=O) groups excluding carboxylic acids is 3. The highest BCUT2D eigenvalue weighted by Gasteiger charge is 2.61. The van der Waals surface area contributed by atoms with Gasteiger partial charge in [-0.3, -0.25) is 9.59 Å². The van der Waals surface area contributed by atoms with Gasteiger partial charge in [-0.25, -0.2) is 9.69 Å². The highest BCUT2D eigenvalue weighted by molar-refractivity contribution is 6.02. The van der Waals surface area contributed by atoms with E-state index in [0.717, 1.165) is 10.5 Å². The Morgan fingerprint density at radius 1 is 1.46 bits per heavy atom. The molecular formula is C18H23N3O5. The van der Waals surface area contributed by atoms with E-state index in [0.29, 0.717) is 0 Å². The molecule has 1 saturated heterocycles. The fraction of sp³-hybridized carbons (Fsp3) is 0.556. The van der Waals surface area contributed by atoms with Gasteiger partial charge >= 0.3 is 12.0 Å². The molecule has 26 heavy (non-hydrogen) atoms. The second-order valence-corrected chi connectivity index (χ2v) is 6.91. The number of oxime groups is 1.